The Kier molecular flexibility index (Phi) is 2.39. The Labute approximate surface area is 88.1 Å². The third kappa shape index (κ3) is 1.76. The number of rotatable bonds is 3. The van der Waals surface area contributed by atoms with E-state index in [0.29, 0.717) is 11.5 Å². The maximum absolute atomic E-state index is 5.92. The third-order valence-corrected chi connectivity index (χ3v) is 4.20. The van der Waals surface area contributed by atoms with Gasteiger partial charge in [-0.05, 0) is 37.4 Å². The van der Waals surface area contributed by atoms with Crippen LogP contribution in [0.2, 0.25) is 4.34 Å². The first-order valence-electron chi connectivity index (χ1n) is 4.58. The Morgan fingerprint density at radius 1 is 1.54 bits per heavy atom. The van der Waals surface area contributed by atoms with Gasteiger partial charge >= 0.3 is 0 Å². The lowest BCUT2D eigenvalue weighted by Gasteiger charge is -2.21. The van der Waals surface area contributed by atoms with Crippen molar-refractivity contribution < 1.29 is 0 Å². The molecule has 0 saturated heterocycles. The van der Waals surface area contributed by atoms with E-state index in [-0.39, 0.29) is 0 Å². The molecule has 1 fully saturated rings. The van der Waals surface area contributed by atoms with Gasteiger partial charge in [0, 0.05) is 10.9 Å². The Balaban J connectivity index is 2.22. The standard InChI is InChI=1S/C10H14ClNS/c1-10(5-6-10)9(12-2)7-3-4-8(11)13-7/h3-4,9,12H,5-6H2,1-2H3. The maximum Gasteiger partial charge on any atom is 0.0931 e. The summed E-state index contributed by atoms with van der Waals surface area (Å²) in [4.78, 5) is 1.37. The molecule has 1 aliphatic rings. The van der Waals surface area contributed by atoms with Gasteiger partial charge in [0.25, 0.3) is 0 Å². The van der Waals surface area contributed by atoms with Gasteiger partial charge in [0.2, 0.25) is 0 Å². The normalized spacial score (nSPS) is 21.5. The van der Waals surface area contributed by atoms with Crippen LogP contribution in [0, 0.1) is 5.41 Å². The molecule has 1 nitrogen and oxygen atoms in total. The molecule has 0 spiro atoms. The second kappa shape index (κ2) is 3.26. The van der Waals surface area contributed by atoms with Gasteiger partial charge in [0.15, 0.2) is 0 Å². The molecule has 1 aromatic heterocycles. The van der Waals surface area contributed by atoms with E-state index in [1.54, 1.807) is 11.3 Å². The maximum atomic E-state index is 5.92. The van der Waals surface area contributed by atoms with Gasteiger partial charge in [-0.15, -0.1) is 11.3 Å². The van der Waals surface area contributed by atoms with Crippen LogP contribution in [-0.4, -0.2) is 7.05 Å². The van der Waals surface area contributed by atoms with Crippen LogP contribution in [0.5, 0.6) is 0 Å². The lowest BCUT2D eigenvalue weighted by molar-refractivity contribution is 0.396. The van der Waals surface area contributed by atoms with Crippen LogP contribution in [-0.2, 0) is 0 Å². The molecule has 1 unspecified atom stereocenters. The summed E-state index contributed by atoms with van der Waals surface area (Å²) < 4.78 is 0.888. The van der Waals surface area contributed by atoms with Crippen LogP contribution in [0.1, 0.15) is 30.7 Å². The molecule has 0 amide bonds. The van der Waals surface area contributed by atoms with Crippen LogP contribution < -0.4 is 5.32 Å². The number of thiophene rings is 1. The van der Waals surface area contributed by atoms with E-state index in [2.05, 4.69) is 18.3 Å². The lowest BCUT2D eigenvalue weighted by Crippen LogP contribution is -2.23. The van der Waals surface area contributed by atoms with Crippen molar-refractivity contribution in [3.05, 3.63) is 21.3 Å². The van der Waals surface area contributed by atoms with E-state index >= 15 is 0 Å². The summed E-state index contributed by atoms with van der Waals surface area (Å²) in [7, 11) is 2.03. The molecule has 1 saturated carbocycles. The van der Waals surface area contributed by atoms with E-state index in [9.17, 15) is 0 Å². The predicted molar refractivity (Wildman–Crippen MR) is 58.5 cm³/mol. The van der Waals surface area contributed by atoms with Crippen LogP contribution in [0.15, 0.2) is 12.1 Å². The quantitative estimate of drug-likeness (QED) is 0.815. The summed E-state index contributed by atoms with van der Waals surface area (Å²) in [5.41, 5.74) is 0.475. The summed E-state index contributed by atoms with van der Waals surface area (Å²) in [5, 5.41) is 3.39. The highest BCUT2D eigenvalue weighted by molar-refractivity contribution is 7.16. The predicted octanol–water partition coefficient (Wildman–Crippen LogP) is 3.46. The lowest BCUT2D eigenvalue weighted by atomic mass is 9.98. The fourth-order valence-corrected chi connectivity index (χ4v) is 3.15. The van der Waals surface area contributed by atoms with E-state index in [0.717, 1.165) is 4.34 Å². The van der Waals surface area contributed by atoms with Gasteiger partial charge in [-0.3, -0.25) is 0 Å². The molecule has 1 N–H and O–H groups in total. The Bertz CT molecular complexity index is 304. The molecule has 0 radical (unpaired) electrons. The molecule has 1 atom stereocenters. The summed E-state index contributed by atoms with van der Waals surface area (Å²) >= 11 is 7.61. The number of halogens is 1. The molecular formula is C10H14ClNS. The van der Waals surface area contributed by atoms with E-state index < -0.39 is 0 Å². The van der Waals surface area contributed by atoms with Crippen molar-refractivity contribution in [1.29, 1.82) is 0 Å². The van der Waals surface area contributed by atoms with E-state index in [1.165, 1.54) is 17.7 Å². The largest absolute Gasteiger partial charge is 0.312 e. The smallest absolute Gasteiger partial charge is 0.0931 e. The van der Waals surface area contributed by atoms with Gasteiger partial charge in [0.05, 0.1) is 4.34 Å². The Morgan fingerprint density at radius 3 is 2.62 bits per heavy atom. The van der Waals surface area contributed by atoms with Crippen LogP contribution >= 0.6 is 22.9 Å². The van der Waals surface area contributed by atoms with Crippen molar-refractivity contribution in [1.82, 2.24) is 5.32 Å². The van der Waals surface area contributed by atoms with Gasteiger partial charge < -0.3 is 5.32 Å². The molecule has 0 aromatic carbocycles. The molecule has 0 bridgehead atoms. The third-order valence-electron chi connectivity index (χ3n) is 2.90. The van der Waals surface area contributed by atoms with Crippen LogP contribution in [0.3, 0.4) is 0 Å². The summed E-state index contributed by atoms with van der Waals surface area (Å²) in [6.07, 6.45) is 2.65. The van der Waals surface area contributed by atoms with Crippen molar-refractivity contribution >= 4 is 22.9 Å². The zero-order valence-electron chi connectivity index (χ0n) is 7.93. The molecule has 3 heteroatoms. The van der Waals surface area contributed by atoms with Gasteiger partial charge in [-0.2, -0.15) is 0 Å². The second-order valence-electron chi connectivity index (χ2n) is 4.02. The topological polar surface area (TPSA) is 12.0 Å². The molecule has 13 heavy (non-hydrogen) atoms. The SMILES string of the molecule is CNC(c1ccc(Cl)s1)C1(C)CC1. The minimum atomic E-state index is 0.475. The van der Waals surface area contributed by atoms with Crippen LogP contribution in [0.4, 0.5) is 0 Å². The van der Waals surface area contributed by atoms with Crippen molar-refractivity contribution in [2.45, 2.75) is 25.8 Å². The van der Waals surface area contributed by atoms with Crippen molar-refractivity contribution in [3.8, 4) is 0 Å². The fraction of sp³-hybridized carbons (Fsp3) is 0.600. The molecule has 1 aliphatic carbocycles. The first kappa shape index (κ1) is 9.50. The Hall–Kier alpha value is -0.0500. The van der Waals surface area contributed by atoms with Crippen molar-refractivity contribution in [3.63, 3.8) is 0 Å². The molecular weight excluding hydrogens is 202 g/mol. The Morgan fingerprint density at radius 2 is 2.23 bits per heavy atom. The first-order chi connectivity index (χ1) is 6.15. The zero-order chi connectivity index (χ0) is 9.47. The average Bonchev–Trinajstić information content (AvgIpc) is 2.67. The van der Waals surface area contributed by atoms with Crippen molar-refractivity contribution in [2.75, 3.05) is 7.05 Å². The molecule has 1 heterocycles. The number of hydrogen-bond donors (Lipinski definition) is 1. The second-order valence-corrected chi connectivity index (χ2v) is 5.76. The molecule has 2 rings (SSSR count). The van der Waals surface area contributed by atoms with Crippen LogP contribution in [0.25, 0.3) is 0 Å². The highest BCUT2D eigenvalue weighted by Crippen LogP contribution is 2.55. The molecule has 1 aromatic rings. The first-order valence-corrected chi connectivity index (χ1v) is 5.78. The number of nitrogens with one attached hydrogen (secondary N) is 1. The minimum absolute atomic E-state index is 0.475. The highest BCUT2D eigenvalue weighted by atomic mass is 35.5. The fourth-order valence-electron chi connectivity index (χ4n) is 1.80. The average molecular weight is 216 g/mol. The van der Waals surface area contributed by atoms with E-state index in [4.69, 9.17) is 11.6 Å². The minimum Gasteiger partial charge on any atom is -0.312 e. The van der Waals surface area contributed by atoms with Crippen molar-refractivity contribution in [2.24, 2.45) is 5.41 Å². The summed E-state index contributed by atoms with van der Waals surface area (Å²) in [5.74, 6) is 0. The highest BCUT2D eigenvalue weighted by Gasteiger charge is 2.45. The van der Waals surface area contributed by atoms with Gasteiger partial charge in [-0.1, -0.05) is 18.5 Å². The van der Waals surface area contributed by atoms with Gasteiger partial charge in [0.1, 0.15) is 0 Å². The molecule has 0 aliphatic heterocycles. The zero-order valence-corrected chi connectivity index (χ0v) is 9.50. The van der Waals surface area contributed by atoms with Gasteiger partial charge in [-0.25, -0.2) is 0 Å². The summed E-state index contributed by atoms with van der Waals surface area (Å²) in [6, 6.07) is 4.61. The summed E-state index contributed by atoms with van der Waals surface area (Å²) in [6.45, 7) is 2.34. The monoisotopic (exact) mass is 215 g/mol. The number of hydrogen-bond acceptors (Lipinski definition) is 2. The van der Waals surface area contributed by atoms with E-state index in [1.807, 2.05) is 13.1 Å². The molecule has 72 valence electrons.